The van der Waals surface area contributed by atoms with Crippen LogP contribution in [0.3, 0.4) is 0 Å². The van der Waals surface area contributed by atoms with E-state index < -0.39 is 0 Å². The molecule has 0 fully saturated rings. The monoisotopic (exact) mass is 139 g/mol. The van der Waals surface area contributed by atoms with Crippen molar-refractivity contribution in [2.24, 2.45) is 21.1 Å². The summed E-state index contributed by atoms with van der Waals surface area (Å²) < 4.78 is 0. The van der Waals surface area contributed by atoms with Gasteiger partial charge in [0.15, 0.2) is 6.17 Å². The Morgan fingerprint density at radius 1 is 1.50 bits per heavy atom. The molecule has 0 aromatic rings. The van der Waals surface area contributed by atoms with Crippen molar-refractivity contribution < 1.29 is 0 Å². The maximum Gasteiger partial charge on any atom is 0.165 e. The third-order valence-corrected chi connectivity index (χ3v) is 1.49. The van der Waals surface area contributed by atoms with Crippen molar-refractivity contribution in [1.82, 2.24) is 0 Å². The molecular formula is C7H13N3. The minimum atomic E-state index is 0.0925. The van der Waals surface area contributed by atoms with E-state index >= 15 is 0 Å². The van der Waals surface area contributed by atoms with Gasteiger partial charge in [-0.2, -0.15) is 5.11 Å². The first-order chi connectivity index (χ1) is 4.74. The molecule has 1 aliphatic rings. The molecule has 0 aromatic carbocycles. The zero-order chi connectivity index (χ0) is 7.56. The predicted molar refractivity (Wildman–Crippen MR) is 41.2 cm³/mol. The minimum Gasteiger partial charge on any atom is -0.239 e. The van der Waals surface area contributed by atoms with Crippen LogP contribution in [0.2, 0.25) is 0 Å². The largest absolute Gasteiger partial charge is 0.239 e. The number of hydrogen-bond acceptors (Lipinski definition) is 3. The molecule has 1 heterocycles. The molecule has 0 N–H and O–H groups in total. The van der Waals surface area contributed by atoms with Crippen LogP contribution in [0.1, 0.15) is 27.2 Å². The first-order valence-electron chi connectivity index (χ1n) is 3.71. The van der Waals surface area contributed by atoms with Crippen LogP contribution in [0.25, 0.3) is 0 Å². The van der Waals surface area contributed by atoms with E-state index in [1.165, 1.54) is 0 Å². The van der Waals surface area contributed by atoms with Gasteiger partial charge in [-0.05, 0) is 5.92 Å². The van der Waals surface area contributed by atoms with E-state index in [1.54, 1.807) is 0 Å². The van der Waals surface area contributed by atoms with E-state index in [9.17, 15) is 0 Å². The summed E-state index contributed by atoms with van der Waals surface area (Å²) in [7, 11) is 0. The Hall–Kier alpha value is -0.730. The van der Waals surface area contributed by atoms with Gasteiger partial charge in [0.2, 0.25) is 0 Å². The average Bonchev–Trinajstić information content (AvgIpc) is 2.34. The van der Waals surface area contributed by atoms with Gasteiger partial charge >= 0.3 is 0 Å². The molecule has 0 bridgehead atoms. The van der Waals surface area contributed by atoms with Gasteiger partial charge in [-0.25, -0.2) is 4.99 Å². The Kier molecular flexibility index (Phi) is 2.14. The number of hydrogen-bond donors (Lipinski definition) is 0. The molecule has 1 atom stereocenters. The van der Waals surface area contributed by atoms with Gasteiger partial charge in [-0.15, -0.1) is 5.11 Å². The fourth-order valence-electron chi connectivity index (χ4n) is 0.775. The Labute approximate surface area is 61.3 Å². The van der Waals surface area contributed by atoms with Crippen LogP contribution in [0.4, 0.5) is 0 Å². The number of aliphatic imine (C=N–C) groups is 1. The van der Waals surface area contributed by atoms with Crippen molar-refractivity contribution in [3.63, 3.8) is 0 Å². The van der Waals surface area contributed by atoms with Crippen LogP contribution < -0.4 is 0 Å². The van der Waals surface area contributed by atoms with Gasteiger partial charge in [0.1, 0.15) is 5.84 Å². The molecule has 0 saturated carbocycles. The highest BCUT2D eigenvalue weighted by molar-refractivity contribution is 5.83. The quantitative estimate of drug-likeness (QED) is 0.562. The molecule has 1 rings (SSSR count). The summed E-state index contributed by atoms with van der Waals surface area (Å²) >= 11 is 0. The normalized spacial score (nSPS) is 24.0. The molecular weight excluding hydrogens is 126 g/mol. The van der Waals surface area contributed by atoms with Gasteiger partial charge in [-0.3, -0.25) is 0 Å². The van der Waals surface area contributed by atoms with E-state index in [2.05, 4.69) is 29.1 Å². The van der Waals surface area contributed by atoms with E-state index in [0.717, 1.165) is 12.3 Å². The third kappa shape index (κ3) is 1.40. The van der Waals surface area contributed by atoms with Crippen LogP contribution in [0.15, 0.2) is 15.2 Å². The van der Waals surface area contributed by atoms with Crippen LogP contribution in [0.5, 0.6) is 0 Å². The van der Waals surface area contributed by atoms with E-state index in [4.69, 9.17) is 0 Å². The van der Waals surface area contributed by atoms with Gasteiger partial charge < -0.3 is 0 Å². The molecule has 56 valence electrons. The maximum absolute atomic E-state index is 4.29. The van der Waals surface area contributed by atoms with Crippen LogP contribution in [-0.4, -0.2) is 12.0 Å². The number of rotatable bonds is 2. The number of azo groups is 1. The van der Waals surface area contributed by atoms with Gasteiger partial charge in [0, 0.05) is 6.42 Å². The summed E-state index contributed by atoms with van der Waals surface area (Å²) in [6.07, 6.45) is 0.988. The molecule has 3 nitrogen and oxygen atoms in total. The fraction of sp³-hybridized carbons (Fsp3) is 0.857. The summed E-state index contributed by atoms with van der Waals surface area (Å²) in [5.74, 6) is 1.37. The lowest BCUT2D eigenvalue weighted by atomic mass is 10.2. The van der Waals surface area contributed by atoms with Crippen molar-refractivity contribution in [3.8, 4) is 0 Å². The molecule has 3 heteroatoms. The second kappa shape index (κ2) is 2.90. The standard InChI is InChI=1S/C7H13N3/c1-4-6-8-7(5(2)3)10-9-6/h5,7H,4H2,1-3H3. The predicted octanol–water partition coefficient (Wildman–Crippen LogP) is 2.24. The number of amidine groups is 1. The molecule has 0 aromatic heterocycles. The van der Waals surface area contributed by atoms with Crippen LogP contribution >= 0.6 is 0 Å². The van der Waals surface area contributed by atoms with Gasteiger partial charge in [-0.1, -0.05) is 20.8 Å². The summed E-state index contributed by atoms with van der Waals surface area (Å²) in [5, 5.41) is 7.94. The van der Waals surface area contributed by atoms with E-state index in [0.29, 0.717) is 5.92 Å². The Morgan fingerprint density at radius 3 is 2.50 bits per heavy atom. The van der Waals surface area contributed by atoms with Crippen LogP contribution in [0, 0.1) is 5.92 Å². The van der Waals surface area contributed by atoms with E-state index in [-0.39, 0.29) is 6.17 Å². The topological polar surface area (TPSA) is 37.1 Å². The summed E-state index contributed by atoms with van der Waals surface area (Å²) in [6.45, 7) is 6.25. The molecule has 10 heavy (non-hydrogen) atoms. The Balaban J connectivity index is 2.57. The smallest absolute Gasteiger partial charge is 0.165 e. The third-order valence-electron chi connectivity index (χ3n) is 1.49. The minimum absolute atomic E-state index is 0.0925. The fourth-order valence-corrected chi connectivity index (χ4v) is 0.775. The summed E-state index contributed by atoms with van der Waals surface area (Å²) in [5.41, 5.74) is 0. The second-order valence-electron chi connectivity index (χ2n) is 2.77. The molecule has 1 aliphatic heterocycles. The van der Waals surface area contributed by atoms with Crippen molar-refractivity contribution in [1.29, 1.82) is 0 Å². The lowest BCUT2D eigenvalue weighted by molar-refractivity contribution is 0.511. The first kappa shape index (κ1) is 7.38. The highest BCUT2D eigenvalue weighted by Crippen LogP contribution is 2.14. The average molecular weight is 139 g/mol. The molecule has 1 unspecified atom stereocenters. The molecule has 0 aliphatic carbocycles. The highest BCUT2D eigenvalue weighted by atomic mass is 15.3. The molecule has 0 spiro atoms. The number of nitrogens with zero attached hydrogens (tertiary/aromatic N) is 3. The zero-order valence-corrected chi connectivity index (χ0v) is 6.70. The molecule has 0 radical (unpaired) electrons. The van der Waals surface area contributed by atoms with Crippen molar-refractivity contribution >= 4 is 5.84 Å². The summed E-state index contributed by atoms with van der Waals surface area (Å²) in [4.78, 5) is 4.29. The van der Waals surface area contributed by atoms with Gasteiger partial charge in [0.25, 0.3) is 0 Å². The van der Waals surface area contributed by atoms with Crippen molar-refractivity contribution in [2.45, 2.75) is 33.4 Å². The summed E-state index contributed by atoms with van der Waals surface area (Å²) in [6, 6.07) is 0. The SMILES string of the molecule is CCC1=NC(C(C)C)N=N1. The maximum atomic E-state index is 4.29. The van der Waals surface area contributed by atoms with E-state index in [1.807, 2.05) is 6.92 Å². The van der Waals surface area contributed by atoms with Crippen molar-refractivity contribution in [2.75, 3.05) is 0 Å². The van der Waals surface area contributed by atoms with Crippen molar-refractivity contribution in [3.05, 3.63) is 0 Å². The Bertz CT molecular complexity index is 170. The molecule has 0 saturated heterocycles. The Morgan fingerprint density at radius 2 is 2.20 bits per heavy atom. The second-order valence-corrected chi connectivity index (χ2v) is 2.77. The van der Waals surface area contributed by atoms with Crippen LogP contribution in [-0.2, 0) is 0 Å². The zero-order valence-electron chi connectivity index (χ0n) is 6.70. The lowest BCUT2D eigenvalue weighted by Gasteiger charge is -2.03. The molecule has 0 amide bonds. The highest BCUT2D eigenvalue weighted by Gasteiger charge is 2.15. The lowest BCUT2D eigenvalue weighted by Crippen LogP contribution is -2.06. The van der Waals surface area contributed by atoms with Gasteiger partial charge in [0.05, 0.1) is 0 Å². The first-order valence-corrected chi connectivity index (χ1v) is 3.71.